The third kappa shape index (κ3) is 4.21. The number of fused-ring (bicyclic) bond motifs is 3. The van der Waals surface area contributed by atoms with E-state index in [1.54, 1.807) is 0 Å². The molecule has 0 bridgehead atoms. The highest BCUT2D eigenvalue weighted by Crippen LogP contribution is 2.45. The summed E-state index contributed by atoms with van der Waals surface area (Å²) in [4.78, 5) is 15.2. The molecule has 2 aliphatic rings. The van der Waals surface area contributed by atoms with Crippen molar-refractivity contribution in [3.05, 3.63) is 42.7 Å². The van der Waals surface area contributed by atoms with Crippen LogP contribution in [-0.4, -0.2) is 79.9 Å². The molecular formula is C25H31N5O3. The summed E-state index contributed by atoms with van der Waals surface area (Å²) in [6.07, 6.45) is 4.83. The zero-order chi connectivity index (χ0) is 22.9. The molecule has 2 unspecified atom stereocenters. The molecule has 2 aromatic heterocycles. The Bertz CT molecular complexity index is 1110. The molecule has 4 heterocycles. The minimum absolute atomic E-state index is 0.142. The van der Waals surface area contributed by atoms with E-state index in [1.165, 1.54) is 0 Å². The fraction of sp³-hybridized carbons (Fsp3) is 0.440. The van der Waals surface area contributed by atoms with Gasteiger partial charge in [-0.3, -0.25) is 4.98 Å². The number of pyridine rings is 2. The number of aliphatic hydroxyl groups is 1. The van der Waals surface area contributed by atoms with Crippen molar-refractivity contribution in [2.24, 2.45) is 0 Å². The Balaban J connectivity index is 1.44. The van der Waals surface area contributed by atoms with Gasteiger partial charge in [-0.25, -0.2) is 4.98 Å². The van der Waals surface area contributed by atoms with Crippen molar-refractivity contribution in [3.63, 3.8) is 0 Å². The minimum Gasteiger partial charge on any atom is -0.478 e. The van der Waals surface area contributed by atoms with Crippen LogP contribution in [0.1, 0.15) is 12.8 Å². The molecule has 2 atom stereocenters. The van der Waals surface area contributed by atoms with Crippen LogP contribution in [0.3, 0.4) is 0 Å². The largest absolute Gasteiger partial charge is 0.478 e. The van der Waals surface area contributed by atoms with Gasteiger partial charge >= 0.3 is 0 Å². The van der Waals surface area contributed by atoms with E-state index in [9.17, 15) is 5.11 Å². The highest BCUT2D eigenvalue weighted by molar-refractivity contribution is 6.02. The molecule has 1 fully saturated rings. The summed E-state index contributed by atoms with van der Waals surface area (Å²) in [6.45, 7) is 2.97. The number of hydrogen-bond acceptors (Lipinski definition) is 8. The Morgan fingerprint density at radius 1 is 1.15 bits per heavy atom. The van der Waals surface area contributed by atoms with Gasteiger partial charge in [0.15, 0.2) is 0 Å². The van der Waals surface area contributed by atoms with E-state index in [-0.39, 0.29) is 6.04 Å². The summed E-state index contributed by atoms with van der Waals surface area (Å²) in [7, 11) is 6.01. The number of aliphatic hydroxyl groups excluding tert-OH is 1. The smallest absolute Gasteiger partial charge is 0.213 e. The van der Waals surface area contributed by atoms with Gasteiger partial charge in [0.1, 0.15) is 0 Å². The van der Waals surface area contributed by atoms with Gasteiger partial charge in [0.25, 0.3) is 0 Å². The lowest BCUT2D eigenvalue weighted by Crippen LogP contribution is -2.47. The van der Waals surface area contributed by atoms with Crippen LogP contribution >= 0.6 is 0 Å². The van der Waals surface area contributed by atoms with Crippen molar-refractivity contribution in [2.75, 3.05) is 57.3 Å². The molecular weight excluding hydrogens is 418 g/mol. The Kier molecular flexibility index (Phi) is 6.05. The van der Waals surface area contributed by atoms with Crippen LogP contribution < -0.4 is 14.5 Å². The van der Waals surface area contributed by atoms with Crippen molar-refractivity contribution in [1.29, 1.82) is 0 Å². The van der Waals surface area contributed by atoms with E-state index in [0.29, 0.717) is 19.1 Å². The van der Waals surface area contributed by atoms with Gasteiger partial charge in [-0.05, 0) is 50.7 Å². The Morgan fingerprint density at radius 3 is 2.73 bits per heavy atom. The lowest BCUT2D eigenvalue weighted by Gasteiger charge is -2.30. The first kappa shape index (κ1) is 21.9. The SMILES string of the molecule is CN(C)CCCOc1ccc(-c2ccc3ncc4c(c3c2)N(C2CCOC2)C(O)N4C)cn1. The van der Waals surface area contributed by atoms with Crippen LogP contribution in [0.25, 0.3) is 22.0 Å². The van der Waals surface area contributed by atoms with E-state index < -0.39 is 6.35 Å². The van der Waals surface area contributed by atoms with Crippen LogP contribution in [0, 0.1) is 0 Å². The first-order valence-electron chi connectivity index (χ1n) is 11.5. The second-order valence-corrected chi connectivity index (χ2v) is 9.00. The van der Waals surface area contributed by atoms with Crippen LogP contribution in [0.5, 0.6) is 5.88 Å². The molecule has 174 valence electrons. The van der Waals surface area contributed by atoms with Gasteiger partial charge in [-0.2, -0.15) is 0 Å². The average molecular weight is 450 g/mol. The zero-order valence-corrected chi connectivity index (χ0v) is 19.4. The summed E-state index contributed by atoms with van der Waals surface area (Å²) in [5, 5.41) is 12.0. The van der Waals surface area contributed by atoms with E-state index in [0.717, 1.165) is 59.4 Å². The molecule has 8 heteroatoms. The minimum atomic E-state index is -0.728. The molecule has 2 aliphatic heterocycles. The molecule has 0 radical (unpaired) electrons. The number of nitrogens with zero attached hydrogens (tertiary/aromatic N) is 5. The first-order chi connectivity index (χ1) is 16.0. The summed E-state index contributed by atoms with van der Waals surface area (Å²) < 4.78 is 11.4. The molecule has 1 N–H and O–H groups in total. The molecule has 0 aliphatic carbocycles. The monoisotopic (exact) mass is 449 g/mol. The lowest BCUT2D eigenvalue weighted by molar-refractivity contribution is 0.154. The van der Waals surface area contributed by atoms with Gasteiger partial charge < -0.3 is 29.3 Å². The fourth-order valence-corrected chi connectivity index (χ4v) is 4.61. The molecule has 0 amide bonds. The summed E-state index contributed by atoms with van der Waals surface area (Å²) in [5.74, 6) is 0.637. The maximum Gasteiger partial charge on any atom is 0.213 e. The lowest BCUT2D eigenvalue weighted by atomic mass is 10.0. The van der Waals surface area contributed by atoms with Crippen LogP contribution in [0.15, 0.2) is 42.7 Å². The molecule has 1 saturated heterocycles. The van der Waals surface area contributed by atoms with Crippen molar-refractivity contribution < 1.29 is 14.6 Å². The third-order valence-electron chi connectivity index (χ3n) is 6.42. The average Bonchev–Trinajstić information content (AvgIpc) is 3.44. The normalized spacial score (nSPS) is 20.2. The van der Waals surface area contributed by atoms with E-state index >= 15 is 0 Å². The topological polar surface area (TPSA) is 74.2 Å². The Labute approximate surface area is 194 Å². The standard InChI is InChI=1S/C25H31N5O3/c1-28(2)10-4-11-33-23-8-6-18(14-27-23)17-5-7-21-20(13-17)24-22(15-26-21)29(3)25(31)30(24)19-9-12-32-16-19/h5-8,13-15,19,25,31H,4,9-12,16H2,1-3H3. The summed E-state index contributed by atoms with van der Waals surface area (Å²) >= 11 is 0. The Morgan fingerprint density at radius 2 is 2.00 bits per heavy atom. The summed E-state index contributed by atoms with van der Waals surface area (Å²) in [5.41, 5.74) is 4.91. The van der Waals surface area contributed by atoms with E-state index in [4.69, 9.17) is 9.47 Å². The maximum atomic E-state index is 11.0. The van der Waals surface area contributed by atoms with E-state index in [2.05, 4.69) is 46.0 Å². The molecule has 3 aromatic rings. The number of ether oxygens (including phenoxy) is 2. The highest BCUT2D eigenvalue weighted by atomic mass is 16.5. The van der Waals surface area contributed by atoms with Crippen LogP contribution in [0.2, 0.25) is 0 Å². The first-order valence-corrected chi connectivity index (χ1v) is 11.5. The van der Waals surface area contributed by atoms with Gasteiger partial charge in [0.2, 0.25) is 12.2 Å². The van der Waals surface area contributed by atoms with Crippen molar-refractivity contribution in [3.8, 4) is 17.0 Å². The predicted octanol–water partition coefficient (Wildman–Crippen LogP) is 2.95. The number of aromatic nitrogens is 2. The van der Waals surface area contributed by atoms with Gasteiger partial charge in [0.05, 0.1) is 42.3 Å². The number of anilines is 2. The number of rotatable bonds is 7. The van der Waals surface area contributed by atoms with Gasteiger partial charge in [-0.1, -0.05) is 6.07 Å². The van der Waals surface area contributed by atoms with Crippen LogP contribution in [0.4, 0.5) is 11.4 Å². The molecule has 8 nitrogen and oxygen atoms in total. The predicted molar refractivity (Wildman–Crippen MR) is 130 cm³/mol. The second-order valence-electron chi connectivity index (χ2n) is 9.00. The summed E-state index contributed by atoms with van der Waals surface area (Å²) in [6, 6.07) is 10.3. The number of benzene rings is 1. The quantitative estimate of drug-likeness (QED) is 0.552. The molecule has 0 saturated carbocycles. The van der Waals surface area contributed by atoms with Crippen molar-refractivity contribution in [2.45, 2.75) is 25.2 Å². The fourth-order valence-electron chi connectivity index (χ4n) is 4.61. The number of hydrogen-bond donors (Lipinski definition) is 1. The zero-order valence-electron chi connectivity index (χ0n) is 19.4. The molecule has 0 spiro atoms. The third-order valence-corrected chi connectivity index (χ3v) is 6.42. The Hall–Kier alpha value is -2.94. The second kappa shape index (κ2) is 9.13. The molecule has 1 aromatic carbocycles. The maximum absolute atomic E-state index is 11.0. The van der Waals surface area contributed by atoms with Crippen molar-refractivity contribution in [1.82, 2.24) is 14.9 Å². The molecule has 5 rings (SSSR count). The van der Waals surface area contributed by atoms with Crippen molar-refractivity contribution >= 4 is 22.3 Å². The highest BCUT2D eigenvalue weighted by Gasteiger charge is 2.39. The van der Waals surface area contributed by atoms with Gasteiger partial charge in [-0.15, -0.1) is 0 Å². The molecule has 33 heavy (non-hydrogen) atoms. The van der Waals surface area contributed by atoms with E-state index in [1.807, 2.05) is 42.5 Å². The van der Waals surface area contributed by atoms with Gasteiger partial charge in [0, 0.05) is 43.4 Å². The van der Waals surface area contributed by atoms with Crippen LogP contribution in [-0.2, 0) is 4.74 Å².